The van der Waals surface area contributed by atoms with E-state index in [2.05, 4.69) is 15.3 Å². The molecular weight excluding hydrogens is 286 g/mol. The first-order valence-electron chi connectivity index (χ1n) is 8.70. The molecule has 3 atom stereocenters. The monoisotopic (exact) mass is 309 g/mol. The van der Waals surface area contributed by atoms with E-state index in [1.807, 2.05) is 24.3 Å². The maximum absolute atomic E-state index is 12.7. The van der Waals surface area contributed by atoms with Crippen molar-refractivity contribution in [3.63, 3.8) is 0 Å². The van der Waals surface area contributed by atoms with Gasteiger partial charge in [-0.1, -0.05) is 31.0 Å². The van der Waals surface area contributed by atoms with Gasteiger partial charge in [-0.25, -0.2) is 4.98 Å². The number of carbonyl (C=O) groups is 1. The average Bonchev–Trinajstić information content (AvgIpc) is 3.30. The van der Waals surface area contributed by atoms with Gasteiger partial charge >= 0.3 is 0 Å². The lowest BCUT2D eigenvalue weighted by molar-refractivity contribution is 0.0944. The second-order valence-corrected chi connectivity index (χ2v) is 6.89. The van der Waals surface area contributed by atoms with Crippen LogP contribution in [-0.2, 0) is 0 Å². The molecule has 1 aromatic carbocycles. The van der Waals surface area contributed by atoms with Crippen molar-refractivity contribution in [1.82, 2.24) is 15.3 Å². The molecule has 2 aliphatic carbocycles. The third kappa shape index (κ3) is 2.78. The number of H-pyrrole nitrogens is 1. The summed E-state index contributed by atoms with van der Waals surface area (Å²) in [6.07, 6.45) is 10.3. The van der Waals surface area contributed by atoms with Crippen molar-refractivity contribution in [2.24, 2.45) is 17.8 Å². The summed E-state index contributed by atoms with van der Waals surface area (Å²) in [4.78, 5) is 20.0. The number of nitrogens with zero attached hydrogens (tertiary/aromatic N) is 1. The van der Waals surface area contributed by atoms with Crippen LogP contribution in [0, 0.1) is 17.8 Å². The lowest BCUT2D eigenvalue weighted by Gasteiger charge is -2.19. The van der Waals surface area contributed by atoms with Gasteiger partial charge in [-0.2, -0.15) is 0 Å². The molecule has 0 unspecified atom stereocenters. The molecule has 0 bridgehead atoms. The topological polar surface area (TPSA) is 57.8 Å². The lowest BCUT2D eigenvalue weighted by Crippen LogP contribution is -2.31. The molecule has 4 nitrogen and oxygen atoms in total. The van der Waals surface area contributed by atoms with Crippen LogP contribution >= 0.6 is 0 Å². The molecule has 4 heteroatoms. The summed E-state index contributed by atoms with van der Waals surface area (Å²) in [6.45, 7) is 0.812. The van der Waals surface area contributed by atoms with Crippen LogP contribution in [0.2, 0.25) is 0 Å². The molecule has 1 heterocycles. The fourth-order valence-electron chi connectivity index (χ4n) is 4.56. The number of hydrogen-bond donors (Lipinski definition) is 2. The van der Waals surface area contributed by atoms with E-state index in [0.29, 0.717) is 11.5 Å². The average molecular weight is 309 g/mol. The maximum Gasteiger partial charge on any atom is 0.252 e. The van der Waals surface area contributed by atoms with E-state index >= 15 is 0 Å². The van der Waals surface area contributed by atoms with Gasteiger partial charge < -0.3 is 10.3 Å². The molecule has 0 saturated heterocycles. The standard InChI is InChI=1S/C19H23N3O/c23-19(22-12-14-9-8-13-4-3-7-15(13)14)17-6-2-1-5-16(17)18-20-10-11-21-18/h1-2,5-6,10-11,13-15H,3-4,7-9,12H2,(H,20,21)(H,22,23)/t13-,14+,15-/m0/s1. The minimum atomic E-state index is 0.0125. The number of fused-ring (bicyclic) bond motifs is 1. The Hall–Kier alpha value is -2.10. The van der Waals surface area contributed by atoms with Gasteiger partial charge in [-0.3, -0.25) is 4.79 Å². The summed E-state index contributed by atoms with van der Waals surface area (Å²) >= 11 is 0. The molecule has 2 aromatic rings. The summed E-state index contributed by atoms with van der Waals surface area (Å²) in [6, 6.07) is 7.66. The predicted molar refractivity (Wildman–Crippen MR) is 89.9 cm³/mol. The van der Waals surface area contributed by atoms with Crippen LogP contribution in [0.25, 0.3) is 11.4 Å². The number of hydrogen-bond acceptors (Lipinski definition) is 2. The zero-order chi connectivity index (χ0) is 15.6. The zero-order valence-corrected chi connectivity index (χ0v) is 13.3. The molecule has 2 fully saturated rings. The fraction of sp³-hybridized carbons (Fsp3) is 0.474. The van der Waals surface area contributed by atoms with Gasteiger partial charge in [0.2, 0.25) is 0 Å². The first-order chi connectivity index (χ1) is 11.3. The largest absolute Gasteiger partial charge is 0.352 e. The Morgan fingerprint density at radius 1 is 1.22 bits per heavy atom. The minimum Gasteiger partial charge on any atom is -0.352 e. The molecule has 0 spiro atoms. The maximum atomic E-state index is 12.7. The molecule has 1 amide bonds. The molecule has 2 N–H and O–H groups in total. The summed E-state index contributed by atoms with van der Waals surface area (Å²) in [7, 11) is 0. The van der Waals surface area contributed by atoms with E-state index in [4.69, 9.17) is 0 Å². The van der Waals surface area contributed by atoms with Crippen molar-refractivity contribution in [2.45, 2.75) is 32.1 Å². The highest BCUT2D eigenvalue weighted by molar-refractivity contribution is 6.00. The van der Waals surface area contributed by atoms with Gasteiger partial charge in [0, 0.05) is 24.5 Å². The van der Waals surface area contributed by atoms with Gasteiger partial charge in [0.25, 0.3) is 5.91 Å². The molecule has 2 saturated carbocycles. The number of aromatic amines is 1. The number of benzene rings is 1. The van der Waals surface area contributed by atoms with Crippen LogP contribution in [0.5, 0.6) is 0 Å². The van der Waals surface area contributed by atoms with E-state index in [-0.39, 0.29) is 5.91 Å². The number of amides is 1. The predicted octanol–water partition coefficient (Wildman–Crippen LogP) is 3.63. The smallest absolute Gasteiger partial charge is 0.252 e. The third-order valence-electron chi connectivity index (χ3n) is 5.68. The summed E-state index contributed by atoms with van der Waals surface area (Å²) < 4.78 is 0. The minimum absolute atomic E-state index is 0.0125. The zero-order valence-electron chi connectivity index (χ0n) is 13.3. The Bertz CT molecular complexity index is 680. The second kappa shape index (κ2) is 6.19. The van der Waals surface area contributed by atoms with Crippen LogP contribution in [-0.4, -0.2) is 22.4 Å². The molecular formula is C19H23N3O. The van der Waals surface area contributed by atoms with E-state index in [9.17, 15) is 4.79 Å². The van der Waals surface area contributed by atoms with Crippen LogP contribution in [0.4, 0.5) is 0 Å². The van der Waals surface area contributed by atoms with Crippen molar-refractivity contribution < 1.29 is 4.79 Å². The first-order valence-corrected chi connectivity index (χ1v) is 8.70. The van der Waals surface area contributed by atoms with E-state index < -0.39 is 0 Å². The lowest BCUT2D eigenvalue weighted by atomic mass is 9.92. The van der Waals surface area contributed by atoms with Crippen LogP contribution in [0.15, 0.2) is 36.7 Å². The Labute approximate surface area is 136 Å². The number of carbonyl (C=O) groups excluding carboxylic acids is 1. The number of imidazole rings is 1. The normalized spacial score (nSPS) is 26.2. The molecule has 4 rings (SSSR count). The van der Waals surface area contributed by atoms with E-state index in [1.165, 1.54) is 32.1 Å². The Balaban J connectivity index is 1.46. The van der Waals surface area contributed by atoms with Gasteiger partial charge in [-0.05, 0) is 43.1 Å². The van der Waals surface area contributed by atoms with Crippen molar-refractivity contribution in [3.05, 3.63) is 42.2 Å². The number of nitrogens with one attached hydrogen (secondary N) is 2. The number of aromatic nitrogens is 2. The highest BCUT2D eigenvalue weighted by atomic mass is 16.1. The molecule has 120 valence electrons. The van der Waals surface area contributed by atoms with Crippen molar-refractivity contribution in [1.29, 1.82) is 0 Å². The van der Waals surface area contributed by atoms with Crippen LogP contribution < -0.4 is 5.32 Å². The third-order valence-corrected chi connectivity index (χ3v) is 5.68. The van der Waals surface area contributed by atoms with Crippen molar-refractivity contribution in [3.8, 4) is 11.4 Å². The molecule has 23 heavy (non-hydrogen) atoms. The van der Waals surface area contributed by atoms with E-state index in [0.717, 1.165) is 29.8 Å². The second-order valence-electron chi connectivity index (χ2n) is 6.89. The molecule has 0 aliphatic heterocycles. The van der Waals surface area contributed by atoms with Gasteiger partial charge in [-0.15, -0.1) is 0 Å². The first kappa shape index (κ1) is 14.5. The van der Waals surface area contributed by atoms with Crippen LogP contribution in [0.1, 0.15) is 42.5 Å². The Kier molecular flexibility index (Phi) is 3.90. The van der Waals surface area contributed by atoms with Crippen molar-refractivity contribution >= 4 is 5.91 Å². The highest BCUT2D eigenvalue weighted by Gasteiger charge is 2.38. The fourth-order valence-corrected chi connectivity index (χ4v) is 4.56. The van der Waals surface area contributed by atoms with Gasteiger partial charge in [0.05, 0.1) is 5.56 Å². The Morgan fingerprint density at radius 3 is 3.00 bits per heavy atom. The van der Waals surface area contributed by atoms with Gasteiger partial charge in [0.1, 0.15) is 5.82 Å². The molecule has 2 aliphatic rings. The quantitative estimate of drug-likeness (QED) is 0.906. The molecule has 1 aromatic heterocycles. The SMILES string of the molecule is O=C(NC[C@H]1CC[C@@H]2CCC[C@@H]21)c1ccccc1-c1ncc[nH]1. The van der Waals surface area contributed by atoms with Gasteiger partial charge in [0.15, 0.2) is 0 Å². The van der Waals surface area contributed by atoms with E-state index in [1.54, 1.807) is 12.4 Å². The summed E-state index contributed by atoms with van der Waals surface area (Å²) in [5.41, 5.74) is 1.56. The highest BCUT2D eigenvalue weighted by Crippen LogP contribution is 2.47. The Morgan fingerprint density at radius 2 is 2.13 bits per heavy atom. The summed E-state index contributed by atoms with van der Waals surface area (Å²) in [5, 5.41) is 3.18. The summed E-state index contributed by atoms with van der Waals surface area (Å²) in [5.74, 6) is 3.19. The molecule has 0 radical (unpaired) electrons. The number of rotatable bonds is 4. The van der Waals surface area contributed by atoms with Crippen molar-refractivity contribution in [2.75, 3.05) is 6.54 Å². The van der Waals surface area contributed by atoms with Crippen LogP contribution in [0.3, 0.4) is 0 Å².